The summed E-state index contributed by atoms with van der Waals surface area (Å²) in [6.45, 7) is 3.61. The minimum absolute atomic E-state index is 0.00262. The molecule has 5 nitrogen and oxygen atoms in total. The predicted molar refractivity (Wildman–Crippen MR) is 67.6 cm³/mol. The van der Waals surface area contributed by atoms with Gasteiger partial charge in [-0.3, -0.25) is 0 Å². The molecule has 1 rings (SSSR count). The topological polar surface area (TPSA) is 72.0 Å². The Bertz CT molecular complexity index is 537. The van der Waals surface area contributed by atoms with Crippen LogP contribution in [0.5, 0.6) is 5.75 Å². The van der Waals surface area contributed by atoms with E-state index >= 15 is 0 Å². The molecule has 0 saturated heterocycles. The summed E-state index contributed by atoms with van der Waals surface area (Å²) in [4.78, 5) is 16.6. The van der Waals surface area contributed by atoms with Gasteiger partial charge in [0.15, 0.2) is 6.61 Å². The van der Waals surface area contributed by atoms with Gasteiger partial charge >= 0.3 is 5.63 Å². The van der Waals surface area contributed by atoms with Crippen LogP contribution in [0.25, 0.3) is 0 Å². The van der Waals surface area contributed by atoms with E-state index in [9.17, 15) is 9.90 Å². The summed E-state index contributed by atoms with van der Waals surface area (Å²) in [5.41, 5.74) is -0.303. The number of aromatic hydroxyl groups is 1. The van der Waals surface area contributed by atoms with Crippen molar-refractivity contribution in [2.24, 2.45) is 5.16 Å². The van der Waals surface area contributed by atoms with Crippen molar-refractivity contribution in [3.63, 3.8) is 0 Å². The van der Waals surface area contributed by atoms with Gasteiger partial charge < -0.3 is 14.4 Å². The van der Waals surface area contributed by atoms with Crippen molar-refractivity contribution in [1.82, 2.24) is 0 Å². The number of terminal acetylenes is 1. The van der Waals surface area contributed by atoms with Crippen molar-refractivity contribution in [2.45, 2.75) is 26.7 Å². The van der Waals surface area contributed by atoms with Gasteiger partial charge in [-0.05, 0) is 6.42 Å². The lowest BCUT2D eigenvalue weighted by molar-refractivity contribution is 0.179. The highest BCUT2D eigenvalue weighted by Gasteiger charge is 2.16. The fourth-order valence-corrected chi connectivity index (χ4v) is 1.40. The molecule has 0 amide bonds. The monoisotopic (exact) mass is 249 g/mol. The van der Waals surface area contributed by atoms with Crippen molar-refractivity contribution in [1.29, 1.82) is 0 Å². The Balaban J connectivity index is 3.19. The lowest BCUT2D eigenvalue weighted by atomic mass is 10.1. The molecule has 96 valence electrons. The molecule has 1 heterocycles. The Labute approximate surface area is 105 Å². The molecule has 18 heavy (non-hydrogen) atoms. The lowest BCUT2D eigenvalue weighted by Gasteiger charge is -2.05. The van der Waals surface area contributed by atoms with Crippen molar-refractivity contribution in [3.05, 3.63) is 27.8 Å². The standard InChI is InChI=1S/C13H15NO4/c1-4-7-17-14-10(6-3)12-11(15)8-9(5-2)18-13(12)16/h1,8,15H,5-7H2,2-3H3. The number of hydrogen-bond acceptors (Lipinski definition) is 5. The van der Waals surface area contributed by atoms with Crippen LogP contribution in [0, 0.1) is 12.3 Å². The molecule has 0 atom stereocenters. The molecule has 1 aromatic heterocycles. The van der Waals surface area contributed by atoms with Gasteiger partial charge in [-0.15, -0.1) is 6.42 Å². The Kier molecular flexibility index (Phi) is 5.00. The van der Waals surface area contributed by atoms with Crippen LogP contribution < -0.4 is 5.63 Å². The van der Waals surface area contributed by atoms with Crippen LogP contribution >= 0.6 is 0 Å². The zero-order valence-corrected chi connectivity index (χ0v) is 10.4. The average molecular weight is 249 g/mol. The highest BCUT2D eigenvalue weighted by molar-refractivity contribution is 6.01. The molecule has 0 aliphatic heterocycles. The third-order valence-corrected chi connectivity index (χ3v) is 2.28. The molecule has 0 aromatic carbocycles. The van der Waals surface area contributed by atoms with E-state index in [0.717, 1.165) is 0 Å². The molecule has 0 unspecified atom stereocenters. The third kappa shape index (κ3) is 3.14. The summed E-state index contributed by atoms with van der Waals surface area (Å²) in [7, 11) is 0. The molecular formula is C13H15NO4. The smallest absolute Gasteiger partial charge is 0.349 e. The first-order chi connectivity index (χ1) is 8.63. The summed E-state index contributed by atoms with van der Waals surface area (Å²) in [5, 5.41) is 13.6. The quantitative estimate of drug-likeness (QED) is 0.373. The minimum atomic E-state index is -0.628. The van der Waals surface area contributed by atoms with Crippen LogP contribution in [0.2, 0.25) is 0 Å². The molecule has 0 bridgehead atoms. The van der Waals surface area contributed by atoms with Crippen LogP contribution in [-0.2, 0) is 11.3 Å². The van der Waals surface area contributed by atoms with E-state index in [1.807, 2.05) is 6.92 Å². The van der Waals surface area contributed by atoms with E-state index < -0.39 is 5.63 Å². The molecule has 0 saturated carbocycles. The maximum atomic E-state index is 11.7. The zero-order valence-electron chi connectivity index (χ0n) is 10.4. The molecule has 5 heteroatoms. The number of rotatable bonds is 5. The van der Waals surface area contributed by atoms with Gasteiger partial charge in [0.1, 0.15) is 17.1 Å². The van der Waals surface area contributed by atoms with Crippen LogP contribution in [0.4, 0.5) is 0 Å². The van der Waals surface area contributed by atoms with E-state index in [2.05, 4.69) is 11.1 Å². The third-order valence-electron chi connectivity index (χ3n) is 2.28. The van der Waals surface area contributed by atoms with E-state index in [4.69, 9.17) is 15.7 Å². The first-order valence-electron chi connectivity index (χ1n) is 5.62. The molecular weight excluding hydrogens is 234 g/mol. The Hall–Kier alpha value is -2.22. The van der Waals surface area contributed by atoms with Crippen molar-refractivity contribution >= 4 is 5.71 Å². The van der Waals surface area contributed by atoms with Crippen LogP contribution in [0.1, 0.15) is 31.6 Å². The maximum Gasteiger partial charge on any atom is 0.349 e. The fourth-order valence-electron chi connectivity index (χ4n) is 1.40. The molecule has 0 spiro atoms. The molecule has 0 fully saturated rings. The Morgan fingerprint density at radius 3 is 2.83 bits per heavy atom. The SMILES string of the molecule is C#CCON=C(CC)c1c(O)cc(CC)oc1=O. The number of nitrogens with zero attached hydrogens (tertiary/aromatic N) is 1. The van der Waals surface area contributed by atoms with Gasteiger partial charge in [0.05, 0.1) is 5.71 Å². The molecule has 0 aliphatic rings. The van der Waals surface area contributed by atoms with E-state index in [0.29, 0.717) is 24.3 Å². The lowest BCUT2D eigenvalue weighted by Crippen LogP contribution is -2.15. The van der Waals surface area contributed by atoms with E-state index in [-0.39, 0.29) is 17.9 Å². The zero-order chi connectivity index (χ0) is 13.5. The van der Waals surface area contributed by atoms with Gasteiger partial charge in [0.2, 0.25) is 0 Å². The second-order valence-electron chi connectivity index (χ2n) is 3.48. The van der Waals surface area contributed by atoms with Gasteiger partial charge in [0, 0.05) is 12.5 Å². The number of aryl methyl sites for hydroxylation is 1. The molecule has 0 radical (unpaired) electrons. The Morgan fingerprint density at radius 1 is 1.61 bits per heavy atom. The average Bonchev–Trinajstić information content (AvgIpc) is 2.35. The summed E-state index contributed by atoms with van der Waals surface area (Å²) in [6.07, 6.45) is 5.95. The normalized spacial score (nSPS) is 11.1. The first kappa shape index (κ1) is 13.8. The first-order valence-corrected chi connectivity index (χ1v) is 5.62. The predicted octanol–water partition coefficient (Wildman–Crippen LogP) is 1.67. The van der Waals surface area contributed by atoms with Gasteiger partial charge in [-0.1, -0.05) is 24.9 Å². The summed E-state index contributed by atoms with van der Waals surface area (Å²) < 4.78 is 5.04. The summed E-state index contributed by atoms with van der Waals surface area (Å²) in [6, 6.07) is 1.41. The Morgan fingerprint density at radius 2 is 2.33 bits per heavy atom. The van der Waals surface area contributed by atoms with Crippen LogP contribution in [0.15, 0.2) is 20.4 Å². The highest BCUT2D eigenvalue weighted by atomic mass is 16.6. The van der Waals surface area contributed by atoms with Gasteiger partial charge in [0.25, 0.3) is 0 Å². The molecule has 1 aromatic rings. The summed E-state index contributed by atoms with van der Waals surface area (Å²) >= 11 is 0. The van der Waals surface area contributed by atoms with Crippen molar-refractivity contribution in [2.75, 3.05) is 6.61 Å². The highest BCUT2D eigenvalue weighted by Crippen LogP contribution is 2.17. The summed E-state index contributed by atoms with van der Waals surface area (Å²) in [5.74, 6) is 2.51. The van der Waals surface area contributed by atoms with Crippen LogP contribution in [0.3, 0.4) is 0 Å². The maximum absolute atomic E-state index is 11.7. The second kappa shape index (κ2) is 6.50. The number of hydrogen-bond donors (Lipinski definition) is 1. The van der Waals surface area contributed by atoms with E-state index in [1.54, 1.807) is 6.92 Å². The van der Waals surface area contributed by atoms with Crippen molar-refractivity contribution in [3.8, 4) is 18.1 Å². The van der Waals surface area contributed by atoms with E-state index in [1.165, 1.54) is 6.07 Å². The van der Waals surface area contributed by atoms with Gasteiger partial charge in [-0.25, -0.2) is 4.79 Å². The minimum Gasteiger partial charge on any atom is -0.507 e. The van der Waals surface area contributed by atoms with Crippen molar-refractivity contribution < 1.29 is 14.4 Å². The number of oxime groups is 1. The largest absolute Gasteiger partial charge is 0.507 e. The fraction of sp³-hybridized carbons (Fsp3) is 0.385. The molecule has 1 N–H and O–H groups in total. The molecule has 0 aliphatic carbocycles. The van der Waals surface area contributed by atoms with Crippen LogP contribution in [-0.4, -0.2) is 17.4 Å². The second-order valence-corrected chi connectivity index (χ2v) is 3.48. The van der Waals surface area contributed by atoms with Gasteiger partial charge in [-0.2, -0.15) is 0 Å².